The first-order chi connectivity index (χ1) is 9.64. The molecule has 2 rings (SSSR count). The molecule has 0 aliphatic carbocycles. The zero-order valence-electron chi connectivity index (χ0n) is 12.0. The number of rotatable bonds is 2. The summed E-state index contributed by atoms with van der Waals surface area (Å²) in [5.41, 5.74) is 9.48. The Morgan fingerprint density at radius 1 is 1.05 bits per heavy atom. The fraction of sp³-hybridized carbons (Fsp3) is 0.214. The van der Waals surface area contributed by atoms with Crippen molar-refractivity contribution < 1.29 is 13.2 Å². The highest BCUT2D eigenvalue weighted by Crippen LogP contribution is 2.31. The van der Waals surface area contributed by atoms with E-state index in [0.717, 1.165) is 28.1 Å². The summed E-state index contributed by atoms with van der Waals surface area (Å²) in [6.07, 6.45) is 0. The first kappa shape index (κ1) is 15.3. The number of nitrogens with zero attached hydrogens (tertiary/aromatic N) is 1. The number of hydrogen-bond acceptors (Lipinski definition) is 3. The second-order valence-electron chi connectivity index (χ2n) is 4.91. The van der Waals surface area contributed by atoms with Crippen LogP contribution in [-0.4, -0.2) is 19.0 Å². The van der Waals surface area contributed by atoms with Gasteiger partial charge in [-0.05, 0) is 44.0 Å². The number of benzene rings is 1. The summed E-state index contributed by atoms with van der Waals surface area (Å²) in [7, 11) is -3.72. The van der Waals surface area contributed by atoms with E-state index < -0.39 is 16.1 Å². The van der Waals surface area contributed by atoms with Crippen molar-refractivity contribution in [1.82, 2.24) is 4.57 Å². The van der Waals surface area contributed by atoms with Crippen LogP contribution in [0.5, 0.6) is 0 Å². The van der Waals surface area contributed by atoms with Crippen LogP contribution in [-0.2, 0) is 10.0 Å². The fourth-order valence-corrected chi connectivity index (χ4v) is 3.07. The number of aromatic nitrogens is 1. The molecule has 6 nitrogen and oxygen atoms in total. The van der Waals surface area contributed by atoms with Crippen LogP contribution in [0, 0.1) is 20.8 Å². The summed E-state index contributed by atoms with van der Waals surface area (Å²) in [5, 5.41) is 5.08. The third-order valence-corrected chi connectivity index (χ3v) is 4.57. The molecule has 0 unspecified atom stereocenters. The molecule has 1 amide bonds. The Kier molecular flexibility index (Phi) is 3.65. The van der Waals surface area contributed by atoms with Gasteiger partial charge >= 0.3 is 6.03 Å². The van der Waals surface area contributed by atoms with Crippen LogP contribution in [0.2, 0.25) is 0 Å². The van der Waals surface area contributed by atoms with E-state index in [1.54, 1.807) is 19.1 Å². The minimum absolute atomic E-state index is 0.0487. The van der Waals surface area contributed by atoms with Crippen molar-refractivity contribution in [3.8, 4) is 11.1 Å². The molecule has 0 radical (unpaired) electrons. The van der Waals surface area contributed by atoms with Gasteiger partial charge in [-0.15, -0.1) is 0 Å². The van der Waals surface area contributed by atoms with E-state index in [-0.39, 0.29) is 4.90 Å². The lowest BCUT2D eigenvalue weighted by Crippen LogP contribution is -2.21. The highest BCUT2D eigenvalue weighted by atomic mass is 32.2. The van der Waals surface area contributed by atoms with Gasteiger partial charge in [0.1, 0.15) is 0 Å². The molecule has 4 N–H and O–H groups in total. The Hall–Kier alpha value is -2.12. The number of carbonyl (C=O) groups is 1. The fourth-order valence-electron chi connectivity index (χ4n) is 2.55. The Bertz CT molecular complexity index is 818. The molecule has 1 heterocycles. The van der Waals surface area contributed by atoms with Crippen molar-refractivity contribution in [2.24, 2.45) is 10.9 Å². The molecule has 0 bridgehead atoms. The van der Waals surface area contributed by atoms with E-state index >= 15 is 0 Å². The van der Waals surface area contributed by atoms with Crippen molar-refractivity contribution in [3.05, 3.63) is 41.2 Å². The average molecular weight is 307 g/mol. The number of amides is 1. The first-order valence-corrected chi connectivity index (χ1v) is 7.80. The predicted octanol–water partition coefficient (Wildman–Crippen LogP) is 1.65. The molecule has 0 aliphatic rings. The van der Waals surface area contributed by atoms with Gasteiger partial charge in [0.15, 0.2) is 0 Å². The minimum Gasteiger partial charge on any atom is -0.351 e. The van der Waals surface area contributed by atoms with E-state index in [1.807, 2.05) is 13.8 Å². The van der Waals surface area contributed by atoms with Crippen LogP contribution >= 0.6 is 0 Å². The quantitative estimate of drug-likeness (QED) is 0.880. The third-order valence-electron chi connectivity index (χ3n) is 3.64. The molecule has 0 saturated carbocycles. The molecule has 0 spiro atoms. The number of nitrogens with two attached hydrogens (primary N) is 2. The topological polar surface area (TPSA) is 108 Å². The van der Waals surface area contributed by atoms with Crippen LogP contribution < -0.4 is 10.9 Å². The SMILES string of the molecule is Cc1c(-c2ccc(S(N)(=O)=O)cc2)c(C)n(C(N)=O)c1C. The maximum atomic E-state index is 11.5. The maximum absolute atomic E-state index is 11.5. The van der Waals surface area contributed by atoms with Crippen molar-refractivity contribution in [2.75, 3.05) is 0 Å². The highest BCUT2D eigenvalue weighted by molar-refractivity contribution is 7.89. The Morgan fingerprint density at radius 2 is 1.57 bits per heavy atom. The predicted molar refractivity (Wildman–Crippen MR) is 80.4 cm³/mol. The number of sulfonamides is 1. The van der Waals surface area contributed by atoms with Gasteiger partial charge in [-0.2, -0.15) is 0 Å². The van der Waals surface area contributed by atoms with Gasteiger partial charge in [-0.25, -0.2) is 18.4 Å². The van der Waals surface area contributed by atoms with Crippen LogP contribution in [0.25, 0.3) is 11.1 Å². The summed E-state index contributed by atoms with van der Waals surface area (Å²) in [4.78, 5) is 11.6. The molecule has 1 aromatic heterocycles. The lowest BCUT2D eigenvalue weighted by atomic mass is 10.0. The number of primary amides is 1. The molecule has 0 fully saturated rings. The molecule has 0 atom stereocenters. The van der Waals surface area contributed by atoms with Crippen molar-refractivity contribution in [3.63, 3.8) is 0 Å². The van der Waals surface area contributed by atoms with E-state index in [0.29, 0.717) is 0 Å². The highest BCUT2D eigenvalue weighted by Gasteiger charge is 2.19. The Labute approximate surface area is 123 Å². The summed E-state index contributed by atoms with van der Waals surface area (Å²) in [6.45, 7) is 5.51. The smallest absolute Gasteiger partial charge is 0.323 e. The summed E-state index contributed by atoms with van der Waals surface area (Å²) < 4.78 is 24.0. The second kappa shape index (κ2) is 5.01. The standard InChI is InChI=1S/C14H17N3O3S/c1-8-9(2)17(14(15)18)10(3)13(8)11-4-6-12(7-5-11)21(16,19)20/h4-7H,1-3H3,(H2,15,18)(H2,16,19,20). The van der Waals surface area contributed by atoms with Gasteiger partial charge in [0.25, 0.3) is 0 Å². The molecule has 0 saturated heterocycles. The zero-order chi connectivity index (χ0) is 15.9. The zero-order valence-corrected chi connectivity index (χ0v) is 12.9. The van der Waals surface area contributed by atoms with Crippen molar-refractivity contribution in [2.45, 2.75) is 25.7 Å². The normalized spacial score (nSPS) is 11.6. The molecular weight excluding hydrogens is 290 g/mol. The summed E-state index contributed by atoms with van der Waals surface area (Å²) in [6, 6.07) is 5.68. The van der Waals surface area contributed by atoms with Crippen LogP contribution in [0.1, 0.15) is 17.0 Å². The van der Waals surface area contributed by atoms with E-state index in [9.17, 15) is 13.2 Å². The van der Waals surface area contributed by atoms with E-state index in [2.05, 4.69) is 0 Å². The lowest BCUT2D eigenvalue weighted by Gasteiger charge is -2.06. The largest absolute Gasteiger partial charge is 0.351 e. The van der Waals surface area contributed by atoms with Gasteiger partial charge < -0.3 is 5.73 Å². The summed E-state index contributed by atoms with van der Waals surface area (Å²) >= 11 is 0. The lowest BCUT2D eigenvalue weighted by molar-refractivity contribution is 0.249. The van der Waals surface area contributed by atoms with Gasteiger partial charge in [0, 0.05) is 17.0 Å². The average Bonchev–Trinajstić information content (AvgIpc) is 2.59. The molecule has 0 aliphatic heterocycles. The Morgan fingerprint density at radius 3 is 1.95 bits per heavy atom. The second-order valence-corrected chi connectivity index (χ2v) is 6.48. The molecule has 1 aromatic carbocycles. The first-order valence-electron chi connectivity index (χ1n) is 6.26. The third kappa shape index (κ3) is 2.57. The number of primary sulfonamides is 1. The van der Waals surface area contributed by atoms with E-state index in [1.165, 1.54) is 16.7 Å². The van der Waals surface area contributed by atoms with Gasteiger partial charge in [0.2, 0.25) is 10.0 Å². The molecule has 112 valence electrons. The van der Waals surface area contributed by atoms with Crippen molar-refractivity contribution in [1.29, 1.82) is 0 Å². The maximum Gasteiger partial charge on any atom is 0.323 e. The van der Waals surface area contributed by atoms with Gasteiger partial charge in [-0.1, -0.05) is 12.1 Å². The van der Waals surface area contributed by atoms with Crippen LogP contribution in [0.3, 0.4) is 0 Å². The Balaban J connectivity index is 2.63. The monoisotopic (exact) mass is 307 g/mol. The van der Waals surface area contributed by atoms with E-state index in [4.69, 9.17) is 10.9 Å². The van der Waals surface area contributed by atoms with Crippen molar-refractivity contribution >= 4 is 16.1 Å². The van der Waals surface area contributed by atoms with Gasteiger partial charge in [0.05, 0.1) is 4.90 Å². The summed E-state index contributed by atoms with van der Waals surface area (Å²) in [5.74, 6) is 0. The molecule has 7 heteroatoms. The van der Waals surface area contributed by atoms with Crippen LogP contribution in [0.4, 0.5) is 4.79 Å². The molecular formula is C14H17N3O3S. The molecule has 2 aromatic rings. The number of carbonyl (C=O) groups excluding carboxylic acids is 1. The van der Waals surface area contributed by atoms with Gasteiger partial charge in [-0.3, -0.25) is 4.57 Å². The minimum atomic E-state index is -3.72. The molecule has 21 heavy (non-hydrogen) atoms. The van der Waals surface area contributed by atoms with Crippen LogP contribution in [0.15, 0.2) is 29.2 Å². The number of hydrogen-bond donors (Lipinski definition) is 2.